The summed E-state index contributed by atoms with van der Waals surface area (Å²) in [5.74, 6) is -0.00116. The van der Waals surface area contributed by atoms with Crippen LogP contribution in [0.5, 0.6) is 11.5 Å². The van der Waals surface area contributed by atoms with Gasteiger partial charge in [0, 0.05) is 18.7 Å². The Morgan fingerprint density at radius 1 is 1.38 bits per heavy atom. The van der Waals surface area contributed by atoms with Gasteiger partial charge in [-0.3, -0.25) is 4.79 Å². The van der Waals surface area contributed by atoms with Gasteiger partial charge in [0.2, 0.25) is 0 Å². The van der Waals surface area contributed by atoms with Crippen LogP contribution in [0.15, 0.2) is 18.2 Å². The highest BCUT2D eigenvalue weighted by Gasteiger charge is 2.24. The molecule has 4 nitrogen and oxygen atoms in total. The average Bonchev–Trinajstić information content (AvgIpc) is 2.68. The van der Waals surface area contributed by atoms with Crippen LogP contribution in [-0.2, 0) is 0 Å². The minimum Gasteiger partial charge on any atom is -0.504 e. The molecule has 1 atom stereocenters. The zero-order valence-corrected chi connectivity index (χ0v) is 9.18. The largest absolute Gasteiger partial charge is 0.504 e. The maximum atomic E-state index is 12.0. The van der Waals surface area contributed by atoms with Crippen LogP contribution in [0.2, 0.25) is 0 Å². The minimum atomic E-state index is -0.252. The van der Waals surface area contributed by atoms with Crippen LogP contribution < -0.4 is 0 Å². The summed E-state index contributed by atoms with van der Waals surface area (Å²) in [4.78, 5) is 13.8. The number of aromatic hydroxyl groups is 2. The highest BCUT2D eigenvalue weighted by Crippen LogP contribution is 2.26. The molecule has 1 aliphatic rings. The summed E-state index contributed by atoms with van der Waals surface area (Å²) in [6.07, 6.45) is 1.02. The smallest absolute Gasteiger partial charge is 0.254 e. The summed E-state index contributed by atoms with van der Waals surface area (Å²) in [7, 11) is 0. The van der Waals surface area contributed by atoms with Crippen molar-refractivity contribution in [2.45, 2.75) is 13.3 Å². The van der Waals surface area contributed by atoms with Crippen LogP contribution >= 0.6 is 0 Å². The molecule has 1 heterocycles. The number of carbonyl (C=O) groups is 1. The van der Waals surface area contributed by atoms with E-state index in [0.717, 1.165) is 19.5 Å². The molecule has 1 saturated heterocycles. The Hall–Kier alpha value is -1.71. The first-order chi connectivity index (χ1) is 7.58. The molecular formula is C12H15NO3. The molecule has 1 aromatic carbocycles. The van der Waals surface area contributed by atoms with Crippen LogP contribution in [0.1, 0.15) is 23.7 Å². The van der Waals surface area contributed by atoms with Crippen molar-refractivity contribution in [2.75, 3.05) is 13.1 Å². The number of amides is 1. The number of hydrogen-bond acceptors (Lipinski definition) is 3. The van der Waals surface area contributed by atoms with Gasteiger partial charge in [-0.05, 0) is 30.5 Å². The predicted octanol–water partition coefficient (Wildman–Crippen LogP) is 1.58. The quantitative estimate of drug-likeness (QED) is 0.708. The SMILES string of the molecule is CC1CCN(C(=O)c2ccc(O)c(O)c2)C1. The van der Waals surface area contributed by atoms with E-state index in [4.69, 9.17) is 5.11 Å². The molecule has 0 radical (unpaired) electrons. The Bertz CT molecular complexity index is 417. The third-order valence-electron chi connectivity index (χ3n) is 2.93. The molecule has 1 aliphatic heterocycles. The second-order valence-corrected chi connectivity index (χ2v) is 4.35. The molecule has 0 spiro atoms. The number of benzene rings is 1. The number of carbonyl (C=O) groups excluding carboxylic acids is 1. The fourth-order valence-corrected chi connectivity index (χ4v) is 1.96. The normalized spacial score (nSPS) is 20.1. The third kappa shape index (κ3) is 1.96. The minimum absolute atomic E-state index is 0.0837. The highest BCUT2D eigenvalue weighted by atomic mass is 16.3. The first kappa shape index (κ1) is 10.8. The molecule has 2 rings (SSSR count). The van der Waals surface area contributed by atoms with Gasteiger partial charge in [0.25, 0.3) is 5.91 Å². The number of nitrogens with zero attached hydrogens (tertiary/aromatic N) is 1. The van der Waals surface area contributed by atoms with Crippen molar-refractivity contribution in [3.63, 3.8) is 0 Å². The van der Waals surface area contributed by atoms with Gasteiger partial charge in [0.1, 0.15) is 0 Å². The summed E-state index contributed by atoms with van der Waals surface area (Å²) < 4.78 is 0. The van der Waals surface area contributed by atoms with E-state index in [9.17, 15) is 9.90 Å². The summed E-state index contributed by atoms with van der Waals surface area (Å²) >= 11 is 0. The Morgan fingerprint density at radius 2 is 2.12 bits per heavy atom. The molecule has 4 heteroatoms. The first-order valence-corrected chi connectivity index (χ1v) is 5.39. The lowest BCUT2D eigenvalue weighted by atomic mass is 10.1. The van der Waals surface area contributed by atoms with Crippen LogP contribution in [0.4, 0.5) is 0 Å². The van der Waals surface area contributed by atoms with E-state index in [0.29, 0.717) is 11.5 Å². The lowest BCUT2D eigenvalue weighted by molar-refractivity contribution is 0.0787. The van der Waals surface area contributed by atoms with Crippen LogP contribution in [0.3, 0.4) is 0 Å². The van der Waals surface area contributed by atoms with Crippen LogP contribution in [0, 0.1) is 5.92 Å². The van der Waals surface area contributed by atoms with Gasteiger partial charge in [-0.25, -0.2) is 0 Å². The van der Waals surface area contributed by atoms with Crippen molar-refractivity contribution in [3.05, 3.63) is 23.8 Å². The van der Waals surface area contributed by atoms with Crippen molar-refractivity contribution in [2.24, 2.45) is 5.92 Å². The summed E-state index contributed by atoms with van der Waals surface area (Å²) in [5, 5.41) is 18.5. The van der Waals surface area contributed by atoms with Gasteiger partial charge in [0.05, 0.1) is 0 Å². The summed E-state index contributed by atoms with van der Waals surface area (Å²) in [6.45, 7) is 3.64. The van der Waals surface area contributed by atoms with E-state index < -0.39 is 0 Å². The maximum Gasteiger partial charge on any atom is 0.254 e. The predicted molar refractivity (Wildman–Crippen MR) is 59.5 cm³/mol. The molecular weight excluding hydrogens is 206 g/mol. The Morgan fingerprint density at radius 3 is 2.69 bits per heavy atom. The van der Waals surface area contributed by atoms with E-state index in [1.165, 1.54) is 18.2 Å². The number of rotatable bonds is 1. The fraction of sp³-hybridized carbons (Fsp3) is 0.417. The Kier molecular flexibility index (Phi) is 2.73. The zero-order chi connectivity index (χ0) is 11.7. The molecule has 0 saturated carbocycles. The van der Waals surface area contributed by atoms with Crippen LogP contribution in [0.25, 0.3) is 0 Å². The zero-order valence-electron chi connectivity index (χ0n) is 9.18. The van der Waals surface area contributed by atoms with Crippen LogP contribution in [-0.4, -0.2) is 34.1 Å². The fourth-order valence-electron chi connectivity index (χ4n) is 1.96. The summed E-state index contributed by atoms with van der Waals surface area (Å²) in [5.41, 5.74) is 0.421. The second-order valence-electron chi connectivity index (χ2n) is 4.35. The topological polar surface area (TPSA) is 60.8 Å². The van der Waals surface area contributed by atoms with Gasteiger partial charge in [-0.15, -0.1) is 0 Å². The van der Waals surface area contributed by atoms with E-state index in [1.54, 1.807) is 4.90 Å². The van der Waals surface area contributed by atoms with Crippen molar-refractivity contribution in [3.8, 4) is 11.5 Å². The molecule has 86 valence electrons. The molecule has 0 aromatic heterocycles. The van der Waals surface area contributed by atoms with Crippen molar-refractivity contribution < 1.29 is 15.0 Å². The lowest BCUT2D eigenvalue weighted by Crippen LogP contribution is -2.28. The number of likely N-dealkylation sites (tertiary alicyclic amines) is 1. The molecule has 16 heavy (non-hydrogen) atoms. The van der Waals surface area contributed by atoms with Crippen molar-refractivity contribution in [1.29, 1.82) is 0 Å². The van der Waals surface area contributed by atoms with Gasteiger partial charge in [-0.1, -0.05) is 6.92 Å². The molecule has 1 fully saturated rings. The molecule has 0 aliphatic carbocycles. The van der Waals surface area contributed by atoms with Gasteiger partial charge in [-0.2, -0.15) is 0 Å². The standard InChI is InChI=1S/C12H15NO3/c1-8-4-5-13(7-8)12(16)9-2-3-10(14)11(15)6-9/h2-3,6,8,14-15H,4-5,7H2,1H3. The number of hydrogen-bond donors (Lipinski definition) is 2. The molecule has 1 amide bonds. The lowest BCUT2D eigenvalue weighted by Gasteiger charge is -2.16. The van der Waals surface area contributed by atoms with E-state index >= 15 is 0 Å². The number of phenols is 2. The van der Waals surface area contributed by atoms with Gasteiger partial charge in [0.15, 0.2) is 11.5 Å². The van der Waals surface area contributed by atoms with Crippen molar-refractivity contribution in [1.82, 2.24) is 4.90 Å². The van der Waals surface area contributed by atoms with E-state index in [1.807, 2.05) is 0 Å². The molecule has 0 bridgehead atoms. The Balaban J connectivity index is 2.18. The third-order valence-corrected chi connectivity index (χ3v) is 2.93. The van der Waals surface area contributed by atoms with E-state index in [2.05, 4.69) is 6.92 Å². The van der Waals surface area contributed by atoms with Gasteiger partial charge >= 0.3 is 0 Å². The summed E-state index contributed by atoms with van der Waals surface area (Å²) in [6, 6.07) is 4.17. The van der Waals surface area contributed by atoms with Crippen molar-refractivity contribution >= 4 is 5.91 Å². The average molecular weight is 221 g/mol. The molecule has 1 aromatic rings. The second kappa shape index (κ2) is 4.04. The first-order valence-electron chi connectivity index (χ1n) is 5.39. The highest BCUT2D eigenvalue weighted by molar-refractivity contribution is 5.95. The molecule has 2 N–H and O–H groups in total. The monoisotopic (exact) mass is 221 g/mol. The van der Waals surface area contributed by atoms with E-state index in [-0.39, 0.29) is 17.4 Å². The van der Waals surface area contributed by atoms with Gasteiger partial charge < -0.3 is 15.1 Å². The number of phenolic OH excluding ortho intramolecular Hbond substituents is 2. The maximum absolute atomic E-state index is 12.0. The Labute approximate surface area is 94.1 Å². The molecule has 1 unspecified atom stereocenters.